The number of aliphatic hydroxyl groups is 1. The molecule has 0 aromatic heterocycles. The number of para-hydroxylation sites is 1. The molecule has 2 N–H and O–H groups in total. The molecule has 8 nitrogen and oxygen atoms in total. The molecule has 152 valence electrons. The van der Waals surface area contributed by atoms with Crippen molar-refractivity contribution < 1.29 is 14.8 Å². The van der Waals surface area contributed by atoms with Gasteiger partial charge in [0.05, 0.1) is 22.3 Å². The van der Waals surface area contributed by atoms with Crippen molar-refractivity contribution in [2.75, 3.05) is 23.4 Å². The molecule has 4 rings (SSSR count). The van der Waals surface area contributed by atoms with Crippen LogP contribution in [0.25, 0.3) is 0 Å². The zero-order chi connectivity index (χ0) is 20.7. The van der Waals surface area contributed by atoms with Crippen molar-refractivity contribution >= 4 is 28.7 Å². The first kappa shape index (κ1) is 19.2. The molecular weight excluding hydrogens is 372 g/mol. The standard InChI is InChI=1S/C21H24N4O4/c1-13(26)21(27)22-14-9-10-24-18-8-7-15(25(28)29)12-20(18)23(2)17-6-4-3-5-16(17)19(24)11-14/h3-8,12-14,19,26H,9-11H2,1-2H3,(H,22,27). The van der Waals surface area contributed by atoms with Crippen LogP contribution < -0.4 is 15.1 Å². The second-order valence-corrected chi connectivity index (χ2v) is 7.66. The summed E-state index contributed by atoms with van der Waals surface area (Å²) in [6, 6.07) is 13.0. The van der Waals surface area contributed by atoms with Crippen LogP contribution >= 0.6 is 0 Å². The van der Waals surface area contributed by atoms with E-state index in [0.29, 0.717) is 13.0 Å². The van der Waals surface area contributed by atoms with Gasteiger partial charge in [0.1, 0.15) is 6.10 Å². The van der Waals surface area contributed by atoms with Crippen molar-refractivity contribution in [1.29, 1.82) is 0 Å². The van der Waals surface area contributed by atoms with E-state index in [4.69, 9.17) is 0 Å². The molecule has 3 unspecified atom stereocenters. The highest BCUT2D eigenvalue weighted by Gasteiger charge is 2.37. The Labute approximate surface area is 168 Å². The Bertz CT molecular complexity index is 961. The number of amides is 1. The molecule has 2 aromatic carbocycles. The highest BCUT2D eigenvalue weighted by atomic mass is 16.6. The first-order valence-corrected chi connectivity index (χ1v) is 9.73. The van der Waals surface area contributed by atoms with Gasteiger partial charge in [0, 0.05) is 37.5 Å². The van der Waals surface area contributed by atoms with Crippen molar-refractivity contribution in [1.82, 2.24) is 5.32 Å². The summed E-state index contributed by atoms with van der Waals surface area (Å²) in [6.07, 6.45) is 0.388. The predicted molar refractivity (Wildman–Crippen MR) is 111 cm³/mol. The Kier molecular flexibility index (Phi) is 4.87. The van der Waals surface area contributed by atoms with Crippen molar-refractivity contribution in [3.8, 4) is 0 Å². The SMILES string of the molecule is CC(O)C(=O)NC1CCN2c3ccc([N+](=O)[O-])cc3N(C)c3ccccc3C2C1. The third kappa shape index (κ3) is 3.40. The largest absolute Gasteiger partial charge is 0.384 e. The third-order valence-corrected chi connectivity index (χ3v) is 5.83. The number of nitro groups is 1. The summed E-state index contributed by atoms with van der Waals surface area (Å²) in [7, 11) is 1.92. The molecule has 29 heavy (non-hydrogen) atoms. The van der Waals surface area contributed by atoms with Gasteiger partial charge in [-0.1, -0.05) is 18.2 Å². The zero-order valence-corrected chi connectivity index (χ0v) is 16.4. The summed E-state index contributed by atoms with van der Waals surface area (Å²) in [4.78, 5) is 27.2. The molecule has 2 heterocycles. The van der Waals surface area contributed by atoms with Crippen LogP contribution in [0, 0.1) is 10.1 Å². The van der Waals surface area contributed by atoms with Gasteiger partial charge < -0.3 is 20.2 Å². The van der Waals surface area contributed by atoms with E-state index in [-0.39, 0.29) is 28.6 Å². The normalized spacial score (nSPS) is 21.3. The fourth-order valence-corrected chi connectivity index (χ4v) is 4.34. The number of rotatable bonds is 3. The van der Waals surface area contributed by atoms with Crippen LogP contribution in [0.1, 0.15) is 31.4 Å². The molecule has 2 aliphatic heterocycles. The molecule has 0 aliphatic carbocycles. The van der Waals surface area contributed by atoms with Gasteiger partial charge in [-0.05, 0) is 37.5 Å². The highest BCUT2D eigenvalue weighted by Crippen LogP contribution is 2.48. The lowest BCUT2D eigenvalue weighted by Gasteiger charge is -2.41. The fraction of sp³-hybridized carbons (Fsp3) is 0.381. The van der Waals surface area contributed by atoms with E-state index in [0.717, 1.165) is 29.0 Å². The second kappa shape index (κ2) is 7.36. The third-order valence-electron chi connectivity index (χ3n) is 5.83. The van der Waals surface area contributed by atoms with Crippen molar-refractivity contribution in [3.05, 3.63) is 58.1 Å². The van der Waals surface area contributed by atoms with Crippen LogP contribution in [0.3, 0.4) is 0 Å². The molecule has 2 aromatic rings. The van der Waals surface area contributed by atoms with Gasteiger partial charge in [-0.25, -0.2) is 0 Å². The predicted octanol–water partition coefficient (Wildman–Crippen LogP) is 2.88. The van der Waals surface area contributed by atoms with Gasteiger partial charge in [0.2, 0.25) is 5.91 Å². The minimum atomic E-state index is -1.04. The summed E-state index contributed by atoms with van der Waals surface area (Å²) in [5.74, 6) is -0.362. The lowest BCUT2D eigenvalue weighted by Crippen LogP contribution is -2.48. The summed E-state index contributed by atoms with van der Waals surface area (Å²) >= 11 is 0. The number of nitrogens with zero attached hydrogens (tertiary/aromatic N) is 3. The Balaban J connectivity index is 1.77. The maximum absolute atomic E-state index is 12.0. The Morgan fingerprint density at radius 1 is 1.24 bits per heavy atom. The summed E-state index contributed by atoms with van der Waals surface area (Å²) in [5, 5.41) is 23.8. The van der Waals surface area contributed by atoms with Crippen molar-refractivity contribution in [2.45, 2.75) is 38.0 Å². The average molecular weight is 396 g/mol. The smallest absolute Gasteiger partial charge is 0.271 e. The molecule has 8 heteroatoms. The van der Waals surface area contributed by atoms with Gasteiger partial charge in [0.15, 0.2) is 0 Å². The van der Waals surface area contributed by atoms with E-state index in [1.54, 1.807) is 12.1 Å². The molecule has 1 saturated heterocycles. The first-order valence-electron chi connectivity index (χ1n) is 9.73. The Morgan fingerprint density at radius 2 is 2.00 bits per heavy atom. The molecule has 0 bridgehead atoms. The zero-order valence-electron chi connectivity index (χ0n) is 16.4. The van der Waals surface area contributed by atoms with E-state index < -0.39 is 6.10 Å². The van der Waals surface area contributed by atoms with E-state index in [9.17, 15) is 20.0 Å². The summed E-state index contributed by atoms with van der Waals surface area (Å²) in [6.45, 7) is 2.16. The van der Waals surface area contributed by atoms with Crippen LogP contribution in [-0.4, -0.2) is 41.7 Å². The molecular formula is C21H24N4O4. The van der Waals surface area contributed by atoms with Crippen LogP contribution in [0.2, 0.25) is 0 Å². The monoisotopic (exact) mass is 396 g/mol. The number of nitrogens with one attached hydrogen (secondary N) is 1. The van der Waals surface area contributed by atoms with Crippen LogP contribution in [0.15, 0.2) is 42.5 Å². The van der Waals surface area contributed by atoms with Crippen molar-refractivity contribution in [2.24, 2.45) is 0 Å². The number of fused-ring (bicyclic) bond motifs is 5. The Hall–Kier alpha value is -3.13. The van der Waals surface area contributed by atoms with Crippen molar-refractivity contribution in [3.63, 3.8) is 0 Å². The molecule has 1 fully saturated rings. The number of aliphatic hydroxyl groups excluding tert-OH is 1. The lowest BCUT2D eigenvalue weighted by atomic mass is 9.90. The number of carbonyl (C=O) groups excluding carboxylic acids is 1. The maximum atomic E-state index is 12.0. The number of carbonyl (C=O) groups is 1. The van der Waals surface area contributed by atoms with Crippen LogP contribution in [0.4, 0.5) is 22.7 Å². The van der Waals surface area contributed by atoms with Gasteiger partial charge in [-0.3, -0.25) is 14.9 Å². The van der Waals surface area contributed by atoms with Crippen LogP contribution in [0.5, 0.6) is 0 Å². The van der Waals surface area contributed by atoms with E-state index in [1.807, 2.05) is 36.2 Å². The number of anilines is 3. The first-order chi connectivity index (χ1) is 13.9. The molecule has 1 amide bonds. The molecule has 0 radical (unpaired) electrons. The van der Waals surface area contributed by atoms with Crippen LogP contribution in [-0.2, 0) is 4.79 Å². The van der Waals surface area contributed by atoms with E-state index in [2.05, 4.69) is 16.3 Å². The Morgan fingerprint density at radius 3 is 2.72 bits per heavy atom. The molecule has 3 atom stereocenters. The van der Waals surface area contributed by atoms with E-state index in [1.165, 1.54) is 6.92 Å². The quantitative estimate of drug-likeness (QED) is 0.611. The summed E-state index contributed by atoms with van der Waals surface area (Å²) < 4.78 is 0. The number of benzene rings is 2. The minimum absolute atomic E-state index is 0.0180. The maximum Gasteiger partial charge on any atom is 0.271 e. The van der Waals surface area contributed by atoms with Gasteiger partial charge in [-0.15, -0.1) is 0 Å². The number of hydrogen-bond acceptors (Lipinski definition) is 6. The molecule has 0 saturated carbocycles. The number of piperidine rings is 1. The van der Waals surface area contributed by atoms with Gasteiger partial charge >= 0.3 is 0 Å². The minimum Gasteiger partial charge on any atom is -0.384 e. The topological polar surface area (TPSA) is 99.0 Å². The second-order valence-electron chi connectivity index (χ2n) is 7.66. The lowest BCUT2D eigenvalue weighted by molar-refractivity contribution is -0.384. The number of non-ortho nitro benzene ring substituents is 1. The molecule has 2 aliphatic rings. The van der Waals surface area contributed by atoms with Gasteiger partial charge in [-0.2, -0.15) is 0 Å². The van der Waals surface area contributed by atoms with E-state index >= 15 is 0 Å². The highest BCUT2D eigenvalue weighted by molar-refractivity contribution is 5.84. The average Bonchev–Trinajstić information content (AvgIpc) is 2.81. The van der Waals surface area contributed by atoms with Gasteiger partial charge in [0.25, 0.3) is 5.69 Å². The number of hydrogen-bond donors (Lipinski definition) is 2. The number of nitro benzene ring substituents is 1. The fourth-order valence-electron chi connectivity index (χ4n) is 4.34. The molecule has 0 spiro atoms. The summed E-state index contributed by atoms with van der Waals surface area (Å²) in [5.41, 5.74) is 3.90.